The fraction of sp³-hybridized carbons (Fsp3) is 0.400. The molecule has 2 nitrogen and oxygen atoms in total. The minimum Gasteiger partial charge on any atom is -0.490 e. The molecule has 0 saturated carbocycles. The van der Waals surface area contributed by atoms with Crippen LogP contribution in [0.3, 0.4) is 0 Å². The molecule has 0 aliphatic heterocycles. The van der Waals surface area contributed by atoms with Crippen LogP contribution >= 0.6 is 15.9 Å². The molecule has 1 rings (SSSR count). The zero-order valence-corrected chi connectivity index (χ0v) is 9.94. The third kappa shape index (κ3) is 4.30. The molecule has 0 aliphatic carbocycles. The zero-order valence-electron chi connectivity index (χ0n) is 8.35. The molecule has 90 valence electrons. The van der Waals surface area contributed by atoms with Gasteiger partial charge in [-0.15, -0.1) is 0 Å². The molecule has 0 saturated heterocycles. The zero-order chi connectivity index (χ0) is 12.2. The van der Waals surface area contributed by atoms with Crippen molar-refractivity contribution in [1.29, 1.82) is 0 Å². The maximum absolute atomic E-state index is 11.9. The Morgan fingerprint density at radius 1 is 1.31 bits per heavy atom. The van der Waals surface area contributed by atoms with Crippen molar-refractivity contribution in [1.82, 2.24) is 0 Å². The molecule has 0 aliphatic rings. The number of hydrogen-bond acceptors (Lipinski definition) is 2. The van der Waals surface area contributed by atoms with Gasteiger partial charge >= 0.3 is 6.18 Å². The number of rotatable bonds is 4. The Hall–Kier alpha value is -0.910. The molecule has 0 aromatic heterocycles. The number of nitrogen functional groups attached to an aromatic ring is 1. The lowest BCUT2D eigenvalue weighted by Gasteiger charge is -2.11. The first-order valence-corrected chi connectivity index (χ1v) is 5.43. The Bertz CT molecular complexity index is 334. The van der Waals surface area contributed by atoms with Gasteiger partial charge in [-0.2, -0.15) is 13.2 Å². The van der Waals surface area contributed by atoms with Crippen LogP contribution in [0, 0.1) is 0 Å². The van der Waals surface area contributed by atoms with Crippen molar-refractivity contribution >= 4 is 21.6 Å². The molecule has 0 fully saturated rings. The lowest BCUT2D eigenvalue weighted by atomic mass is 10.3. The number of nitrogens with two attached hydrogens (primary N) is 1. The molecule has 1 aromatic carbocycles. The van der Waals surface area contributed by atoms with E-state index in [0.717, 1.165) is 0 Å². The lowest BCUT2D eigenvalue weighted by molar-refractivity contribution is -0.136. The smallest absolute Gasteiger partial charge is 0.389 e. The molecule has 0 amide bonds. The van der Waals surface area contributed by atoms with E-state index < -0.39 is 12.6 Å². The Morgan fingerprint density at radius 3 is 2.56 bits per heavy atom. The monoisotopic (exact) mass is 297 g/mol. The maximum Gasteiger partial charge on any atom is 0.389 e. The van der Waals surface area contributed by atoms with E-state index in [1.54, 1.807) is 18.2 Å². The highest BCUT2D eigenvalue weighted by atomic mass is 79.9. The molecule has 6 heteroatoms. The van der Waals surface area contributed by atoms with E-state index in [-0.39, 0.29) is 13.0 Å². The van der Waals surface area contributed by atoms with Gasteiger partial charge in [0.25, 0.3) is 0 Å². The highest BCUT2D eigenvalue weighted by Gasteiger charge is 2.26. The second kappa shape index (κ2) is 5.43. The van der Waals surface area contributed by atoms with Gasteiger partial charge < -0.3 is 10.5 Å². The van der Waals surface area contributed by atoms with Gasteiger partial charge in [-0.1, -0.05) is 6.07 Å². The summed E-state index contributed by atoms with van der Waals surface area (Å²) in [5.74, 6) is 0.393. The summed E-state index contributed by atoms with van der Waals surface area (Å²) >= 11 is 3.21. The van der Waals surface area contributed by atoms with Crippen molar-refractivity contribution in [3.05, 3.63) is 22.7 Å². The highest BCUT2D eigenvalue weighted by Crippen LogP contribution is 2.31. The van der Waals surface area contributed by atoms with E-state index in [1.807, 2.05) is 0 Å². The largest absolute Gasteiger partial charge is 0.490 e. The standard InChI is InChI=1S/C10H11BrF3NO/c11-7-3-1-4-8(15)9(7)16-6-2-5-10(12,13)14/h1,3-4H,2,5-6,15H2. The van der Waals surface area contributed by atoms with Crippen molar-refractivity contribution in [2.75, 3.05) is 12.3 Å². The Balaban J connectivity index is 2.43. The van der Waals surface area contributed by atoms with Crippen LogP contribution in [0.25, 0.3) is 0 Å². The normalized spacial score (nSPS) is 11.5. The molecule has 2 N–H and O–H groups in total. The van der Waals surface area contributed by atoms with Crippen LogP contribution in [0.5, 0.6) is 5.75 Å². The van der Waals surface area contributed by atoms with Gasteiger partial charge in [-0.05, 0) is 34.5 Å². The summed E-state index contributed by atoms with van der Waals surface area (Å²) in [5, 5.41) is 0. The summed E-state index contributed by atoms with van der Waals surface area (Å²) in [6.07, 6.45) is -5.07. The number of ether oxygens (including phenoxy) is 1. The van der Waals surface area contributed by atoms with E-state index >= 15 is 0 Å². The Kier molecular flexibility index (Phi) is 4.46. The van der Waals surface area contributed by atoms with E-state index in [2.05, 4.69) is 15.9 Å². The van der Waals surface area contributed by atoms with Gasteiger partial charge in [0, 0.05) is 6.42 Å². The van der Waals surface area contributed by atoms with Crippen molar-refractivity contribution in [3.63, 3.8) is 0 Å². The fourth-order valence-corrected chi connectivity index (χ4v) is 1.62. The second-order valence-electron chi connectivity index (χ2n) is 3.23. The second-order valence-corrected chi connectivity index (χ2v) is 4.08. The van der Waals surface area contributed by atoms with Crippen LogP contribution in [0.1, 0.15) is 12.8 Å². The van der Waals surface area contributed by atoms with Crippen LogP contribution in [0.2, 0.25) is 0 Å². The van der Waals surface area contributed by atoms with E-state index in [4.69, 9.17) is 10.5 Å². The molecular weight excluding hydrogens is 287 g/mol. The topological polar surface area (TPSA) is 35.2 Å². The number of para-hydroxylation sites is 1. The summed E-state index contributed by atoms with van der Waals surface area (Å²) in [6.45, 7) is -0.00762. The summed E-state index contributed by atoms with van der Waals surface area (Å²) in [5.41, 5.74) is 6.02. The van der Waals surface area contributed by atoms with Gasteiger partial charge in [0.1, 0.15) is 0 Å². The van der Waals surface area contributed by atoms with Gasteiger partial charge in [-0.3, -0.25) is 0 Å². The van der Waals surface area contributed by atoms with Crippen LogP contribution < -0.4 is 10.5 Å². The molecule has 0 radical (unpaired) electrons. The van der Waals surface area contributed by atoms with E-state index in [0.29, 0.717) is 15.9 Å². The summed E-state index contributed by atoms with van der Waals surface area (Å²) in [4.78, 5) is 0. The Morgan fingerprint density at radius 2 is 2.00 bits per heavy atom. The number of anilines is 1. The van der Waals surface area contributed by atoms with Gasteiger partial charge in [-0.25, -0.2) is 0 Å². The number of benzene rings is 1. The average molecular weight is 298 g/mol. The molecule has 0 heterocycles. The molecule has 16 heavy (non-hydrogen) atoms. The maximum atomic E-state index is 11.9. The van der Waals surface area contributed by atoms with Crippen LogP contribution in [-0.2, 0) is 0 Å². The average Bonchev–Trinajstić information content (AvgIpc) is 2.14. The third-order valence-electron chi connectivity index (χ3n) is 1.85. The molecule has 0 bridgehead atoms. The molecular formula is C10H11BrF3NO. The van der Waals surface area contributed by atoms with Crippen LogP contribution in [0.4, 0.5) is 18.9 Å². The summed E-state index contributed by atoms with van der Waals surface area (Å²) in [6, 6.07) is 5.07. The number of alkyl halides is 3. The predicted molar refractivity (Wildman–Crippen MR) is 59.3 cm³/mol. The molecule has 0 atom stereocenters. The minimum atomic E-state index is -4.14. The SMILES string of the molecule is Nc1cccc(Br)c1OCCCC(F)(F)F. The number of hydrogen-bond donors (Lipinski definition) is 1. The van der Waals surface area contributed by atoms with Gasteiger partial charge in [0.05, 0.1) is 16.8 Å². The van der Waals surface area contributed by atoms with Crippen molar-refractivity contribution < 1.29 is 17.9 Å². The van der Waals surface area contributed by atoms with Crippen molar-refractivity contribution in [3.8, 4) is 5.75 Å². The molecule has 0 spiro atoms. The first-order valence-electron chi connectivity index (χ1n) is 4.63. The predicted octanol–water partition coefficient (Wildman–Crippen LogP) is 3.75. The fourth-order valence-electron chi connectivity index (χ4n) is 1.12. The van der Waals surface area contributed by atoms with Crippen LogP contribution in [0.15, 0.2) is 22.7 Å². The highest BCUT2D eigenvalue weighted by molar-refractivity contribution is 9.10. The number of halogens is 4. The van der Waals surface area contributed by atoms with Gasteiger partial charge in [0.15, 0.2) is 5.75 Å². The molecule has 1 aromatic rings. The first kappa shape index (κ1) is 13.2. The first-order chi connectivity index (χ1) is 7.40. The van der Waals surface area contributed by atoms with Gasteiger partial charge in [0.2, 0.25) is 0 Å². The third-order valence-corrected chi connectivity index (χ3v) is 2.47. The summed E-state index contributed by atoms with van der Waals surface area (Å²) in [7, 11) is 0. The Labute approximate surface area is 99.7 Å². The van der Waals surface area contributed by atoms with E-state index in [1.165, 1.54) is 0 Å². The van der Waals surface area contributed by atoms with Crippen molar-refractivity contribution in [2.45, 2.75) is 19.0 Å². The minimum absolute atomic E-state index is 0.00762. The quantitative estimate of drug-likeness (QED) is 0.678. The van der Waals surface area contributed by atoms with Crippen molar-refractivity contribution in [2.24, 2.45) is 0 Å². The molecule has 0 unspecified atom stereocenters. The summed E-state index contributed by atoms with van der Waals surface area (Å²) < 4.78 is 41.4. The lowest BCUT2D eigenvalue weighted by Crippen LogP contribution is -2.10. The van der Waals surface area contributed by atoms with E-state index in [9.17, 15) is 13.2 Å². The van der Waals surface area contributed by atoms with Crippen LogP contribution in [-0.4, -0.2) is 12.8 Å².